The molecule has 0 radical (unpaired) electrons. The van der Waals surface area contributed by atoms with Crippen LogP contribution in [0.1, 0.15) is 32.6 Å². The summed E-state index contributed by atoms with van der Waals surface area (Å²) in [5.74, 6) is 2.57. The zero-order valence-corrected chi connectivity index (χ0v) is 16.0. The fourth-order valence-electron chi connectivity index (χ4n) is 4.42. The quantitative estimate of drug-likeness (QED) is 0.601. The van der Waals surface area contributed by atoms with E-state index >= 15 is 0 Å². The van der Waals surface area contributed by atoms with Crippen molar-refractivity contribution in [3.63, 3.8) is 0 Å². The van der Waals surface area contributed by atoms with Gasteiger partial charge in [0.25, 0.3) is 5.69 Å². The first-order valence-corrected chi connectivity index (χ1v) is 10.1. The van der Waals surface area contributed by atoms with Crippen LogP contribution in [0.5, 0.6) is 0 Å². The SMILES string of the molecule is CC1CCN(CC2CCCN(c3ccc4cc([N+](=O)[O-])ccc4n3)C2)CC1. The number of rotatable bonds is 4. The van der Waals surface area contributed by atoms with Gasteiger partial charge in [-0.15, -0.1) is 0 Å². The lowest BCUT2D eigenvalue weighted by atomic mass is 9.94. The summed E-state index contributed by atoms with van der Waals surface area (Å²) in [6.45, 7) is 8.13. The van der Waals surface area contributed by atoms with Crippen LogP contribution in [0.3, 0.4) is 0 Å². The van der Waals surface area contributed by atoms with Crippen molar-refractivity contribution in [2.75, 3.05) is 37.6 Å². The van der Waals surface area contributed by atoms with Gasteiger partial charge in [0, 0.05) is 37.2 Å². The third-order valence-electron chi connectivity index (χ3n) is 6.10. The van der Waals surface area contributed by atoms with Crippen molar-refractivity contribution in [2.45, 2.75) is 32.6 Å². The molecule has 1 aromatic carbocycles. The molecule has 6 nitrogen and oxygen atoms in total. The Balaban J connectivity index is 1.44. The highest BCUT2D eigenvalue weighted by Gasteiger charge is 2.25. The molecule has 0 N–H and O–H groups in total. The standard InChI is InChI=1S/C21H28N4O2/c1-16-8-11-23(12-9-16)14-17-3-2-10-24(15-17)21-7-4-18-13-19(25(26)27)5-6-20(18)22-21/h4-7,13,16-17H,2-3,8-12,14-15H2,1H3. The molecule has 2 aliphatic rings. The molecule has 1 aromatic heterocycles. The number of nitro benzene ring substituents is 1. The van der Waals surface area contributed by atoms with Crippen LogP contribution in [0.15, 0.2) is 30.3 Å². The Labute approximate surface area is 160 Å². The lowest BCUT2D eigenvalue weighted by Gasteiger charge is -2.38. The van der Waals surface area contributed by atoms with E-state index < -0.39 is 0 Å². The monoisotopic (exact) mass is 368 g/mol. The van der Waals surface area contributed by atoms with E-state index in [2.05, 4.69) is 16.7 Å². The molecule has 4 rings (SSSR count). The molecule has 2 aliphatic heterocycles. The lowest BCUT2D eigenvalue weighted by molar-refractivity contribution is -0.384. The van der Waals surface area contributed by atoms with Gasteiger partial charge in [0.05, 0.1) is 10.4 Å². The third-order valence-corrected chi connectivity index (χ3v) is 6.10. The highest BCUT2D eigenvalue weighted by Crippen LogP contribution is 2.27. The van der Waals surface area contributed by atoms with Crippen molar-refractivity contribution < 1.29 is 4.92 Å². The molecular weight excluding hydrogens is 340 g/mol. The van der Waals surface area contributed by atoms with Crippen molar-refractivity contribution in [1.29, 1.82) is 0 Å². The Morgan fingerprint density at radius 2 is 1.96 bits per heavy atom. The summed E-state index contributed by atoms with van der Waals surface area (Å²) >= 11 is 0. The largest absolute Gasteiger partial charge is 0.356 e. The predicted octanol–water partition coefficient (Wildman–Crippen LogP) is 4.09. The Morgan fingerprint density at radius 1 is 1.15 bits per heavy atom. The fourth-order valence-corrected chi connectivity index (χ4v) is 4.42. The number of nitrogens with zero attached hydrogens (tertiary/aromatic N) is 4. The van der Waals surface area contributed by atoms with Gasteiger partial charge in [-0.05, 0) is 68.8 Å². The van der Waals surface area contributed by atoms with E-state index in [0.29, 0.717) is 5.92 Å². The van der Waals surface area contributed by atoms with Crippen LogP contribution in [0.4, 0.5) is 11.5 Å². The second-order valence-electron chi connectivity index (χ2n) is 8.24. The molecule has 1 unspecified atom stereocenters. The van der Waals surface area contributed by atoms with Gasteiger partial charge in [0.1, 0.15) is 5.82 Å². The minimum Gasteiger partial charge on any atom is -0.356 e. The highest BCUT2D eigenvalue weighted by atomic mass is 16.6. The minimum absolute atomic E-state index is 0.117. The number of aromatic nitrogens is 1. The fraction of sp³-hybridized carbons (Fsp3) is 0.571. The molecule has 27 heavy (non-hydrogen) atoms. The van der Waals surface area contributed by atoms with Gasteiger partial charge >= 0.3 is 0 Å². The average Bonchev–Trinajstić information content (AvgIpc) is 2.69. The van der Waals surface area contributed by atoms with Gasteiger partial charge in [0.15, 0.2) is 0 Å². The second-order valence-corrected chi connectivity index (χ2v) is 8.24. The van der Waals surface area contributed by atoms with Crippen molar-refractivity contribution in [1.82, 2.24) is 9.88 Å². The molecule has 2 saturated heterocycles. The molecule has 2 fully saturated rings. The topological polar surface area (TPSA) is 62.5 Å². The third kappa shape index (κ3) is 4.21. The molecule has 2 aromatic rings. The number of hydrogen-bond acceptors (Lipinski definition) is 5. The maximum atomic E-state index is 10.9. The normalized spacial score (nSPS) is 22.3. The van der Waals surface area contributed by atoms with Crippen LogP contribution >= 0.6 is 0 Å². The van der Waals surface area contributed by atoms with E-state index in [0.717, 1.165) is 35.7 Å². The predicted molar refractivity (Wildman–Crippen MR) is 108 cm³/mol. The van der Waals surface area contributed by atoms with Crippen LogP contribution in [-0.2, 0) is 0 Å². The Kier molecular flexibility index (Phi) is 5.25. The number of non-ortho nitro benzene ring substituents is 1. The van der Waals surface area contributed by atoms with Crippen molar-refractivity contribution in [3.05, 3.63) is 40.4 Å². The number of pyridine rings is 1. The Hall–Kier alpha value is -2.21. The van der Waals surface area contributed by atoms with Crippen molar-refractivity contribution >= 4 is 22.4 Å². The van der Waals surface area contributed by atoms with Gasteiger partial charge in [-0.3, -0.25) is 10.1 Å². The van der Waals surface area contributed by atoms with Gasteiger partial charge in [-0.2, -0.15) is 0 Å². The molecule has 0 saturated carbocycles. The maximum Gasteiger partial charge on any atom is 0.270 e. The van der Waals surface area contributed by atoms with E-state index in [1.165, 1.54) is 51.4 Å². The summed E-state index contributed by atoms with van der Waals surface area (Å²) in [7, 11) is 0. The molecule has 0 bridgehead atoms. The summed E-state index contributed by atoms with van der Waals surface area (Å²) < 4.78 is 0. The Morgan fingerprint density at radius 3 is 2.74 bits per heavy atom. The molecule has 0 spiro atoms. The van der Waals surface area contributed by atoms with E-state index in [4.69, 9.17) is 4.98 Å². The highest BCUT2D eigenvalue weighted by molar-refractivity contribution is 5.82. The van der Waals surface area contributed by atoms with Crippen LogP contribution in [0.25, 0.3) is 10.9 Å². The van der Waals surface area contributed by atoms with E-state index in [9.17, 15) is 10.1 Å². The first kappa shape index (κ1) is 18.2. The van der Waals surface area contributed by atoms with Crippen molar-refractivity contribution in [2.24, 2.45) is 11.8 Å². The zero-order chi connectivity index (χ0) is 18.8. The summed E-state index contributed by atoms with van der Waals surface area (Å²) in [5.41, 5.74) is 0.941. The number of nitro groups is 1. The smallest absolute Gasteiger partial charge is 0.270 e. The number of fused-ring (bicyclic) bond motifs is 1. The summed E-state index contributed by atoms with van der Waals surface area (Å²) in [5, 5.41) is 11.8. The maximum absolute atomic E-state index is 10.9. The van der Waals surface area contributed by atoms with E-state index in [1.807, 2.05) is 12.1 Å². The zero-order valence-electron chi connectivity index (χ0n) is 16.0. The van der Waals surface area contributed by atoms with Crippen LogP contribution < -0.4 is 4.90 Å². The van der Waals surface area contributed by atoms with Gasteiger partial charge in [-0.25, -0.2) is 4.98 Å². The second kappa shape index (κ2) is 7.80. The number of likely N-dealkylation sites (tertiary alicyclic amines) is 1. The van der Waals surface area contributed by atoms with E-state index in [-0.39, 0.29) is 10.6 Å². The Bertz CT molecular complexity index is 817. The number of hydrogen-bond donors (Lipinski definition) is 0. The lowest BCUT2D eigenvalue weighted by Crippen LogP contribution is -2.43. The molecule has 0 amide bonds. The molecule has 0 aliphatic carbocycles. The average molecular weight is 368 g/mol. The van der Waals surface area contributed by atoms with Gasteiger partial charge < -0.3 is 9.80 Å². The van der Waals surface area contributed by atoms with Crippen LogP contribution in [0, 0.1) is 22.0 Å². The summed E-state index contributed by atoms with van der Waals surface area (Å²) in [6, 6.07) is 8.86. The molecule has 1 atom stereocenters. The molecular formula is C21H28N4O2. The van der Waals surface area contributed by atoms with Gasteiger partial charge in [-0.1, -0.05) is 6.92 Å². The number of benzene rings is 1. The first-order chi connectivity index (χ1) is 13.1. The first-order valence-electron chi connectivity index (χ1n) is 10.1. The number of anilines is 1. The van der Waals surface area contributed by atoms with Crippen LogP contribution in [-0.4, -0.2) is 47.5 Å². The van der Waals surface area contributed by atoms with Crippen molar-refractivity contribution in [3.8, 4) is 0 Å². The molecule has 144 valence electrons. The summed E-state index contributed by atoms with van der Waals surface area (Å²) in [6.07, 6.45) is 5.15. The number of piperidine rings is 2. The summed E-state index contributed by atoms with van der Waals surface area (Å²) in [4.78, 5) is 20.4. The molecule has 6 heteroatoms. The van der Waals surface area contributed by atoms with Crippen LogP contribution in [0.2, 0.25) is 0 Å². The van der Waals surface area contributed by atoms with Gasteiger partial charge in [0.2, 0.25) is 0 Å². The van der Waals surface area contributed by atoms with E-state index in [1.54, 1.807) is 12.1 Å². The molecule has 3 heterocycles. The minimum atomic E-state index is -0.357.